The highest BCUT2D eigenvalue weighted by atomic mass is 19.3. The van der Waals surface area contributed by atoms with E-state index in [2.05, 4.69) is 4.74 Å². The SMILES string of the molecule is CC[C@@H]1[C@@H]2CN(C(=O)[C@H](C(C)(C)C)CC(=O)O[C@]3(C)CCC[C@H]3CCCCCc3nc4ccc(OC(F)F)cc4nc3O2)[C@@H]1C=O. The van der Waals surface area contributed by atoms with Gasteiger partial charge in [0.1, 0.15) is 29.4 Å². The van der Waals surface area contributed by atoms with Gasteiger partial charge in [-0.2, -0.15) is 8.78 Å². The summed E-state index contributed by atoms with van der Waals surface area (Å²) in [6.07, 6.45) is 7.72. The molecule has 1 amide bonds. The highest BCUT2D eigenvalue weighted by Crippen LogP contribution is 2.43. The molecule has 1 saturated carbocycles. The molecule has 2 aliphatic heterocycles. The third-order valence-corrected chi connectivity index (χ3v) is 10.3. The zero-order chi connectivity index (χ0) is 33.2. The molecule has 9 nitrogen and oxygen atoms in total. The zero-order valence-electron chi connectivity index (χ0n) is 27.6. The van der Waals surface area contributed by atoms with Crippen LogP contribution < -0.4 is 9.47 Å². The Hall–Kier alpha value is -3.37. The zero-order valence-corrected chi connectivity index (χ0v) is 27.6. The van der Waals surface area contributed by atoms with E-state index < -0.39 is 35.7 Å². The topological polar surface area (TPSA) is 108 Å². The number of aryl methyl sites for hydroxylation is 1. The number of alkyl halides is 2. The van der Waals surface area contributed by atoms with E-state index in [1.807, 2.05) is 34.6 Å². The summed E-state index contributed by atoms with van der Waals surface area (Å²) < 4.78 is 43.2. The molecule has 0 unspecified atom stereocenters. The highest BCUT2D eigenvalue weighted by molar-refractivity contribution is 5.87. The van der Waals surface area contributed by atoms with Gasteiger partial charge in [0.25, 0.3) is 0 Å². The summed E-state index contributed by atoms with van der Waals surface area (Å²) in [5.74, 6) is -1.21. The van der Waals surface area contributed by atoms with Crippen LogP contribution in [0.15, 0.2) is 18.2 Å². The Balaban J connectivity index is 1.54. The van der Waals surface area contributed by atoms with Gasteiger partial charge in [-0.15, -0.1) is 0 Å². The minimum Gasteiger partial charge on any atom is -0.471 e. The van der Waals surface area contributed by atoms with Crippen molar-refractivity contribution < 1.29 is 37.4 Å². The molecule has 6 atom stereocenters. The van der Waals surface area contributed by atoms with Crippen molar-refractivity contribution in [3.8, 4) is 11.6 Å². The predicted octanol–water partition coefficient (Wildman–Crippen LogP) is 6.69. The molecule has 252 valence electrons. The first-order valence-corrected chi connectivity index (χ1v) is 16.7. The van der Waals surface area contributed by atoms with Gasteiger partial charge < -0.3 is 23.9 Å². The summed E-state index contributed by atoms with van der Waals surface area (Å²) in [7, 11) is 0. The fourth-order valence-electron chi connectivity index (χ4n) is 7.66. The van der Waals surface area contributed by atoms with Crippen LogP contribution in [-0.2, 0) is 25.5 Å². The van der Waals surface area contributed by atoms with E-state index in [9.17, 15) is 23.2 Å². The average molecular weight is 644 g/mol. The van der Waals surface area contributed by atoms with E-state index in [1.54, 1.807) is 11.0 Å². The van der Waals surface area contributed by atoms with Crippen LogP contribution in [0.4, 0.5) is 8.78 Å². The van der Waals surface area contributed by atoms with Gasteiger partial charge in [0.15, 0.2) is 0 Å². The predicted molar refractivity (Wildman–Crippen MR) is 168 cm³/mol. The van der Waals surface area contributed by atoms with Crippen molar-refractivity contribution >= 4 is 29.2 Å². The summed E-state index contributed by atoms with van der Waals surface area (Å²) in [5, 5.41) is 0. The number of hydrogen-bond donors (Lipinski definition) is 0. The van der Waals surface area contributed by atoms with E-state index in [0.717, 1.165) is 51.2 Å². The standard InChI is InChI=1S/C35H47F2N3O6/c1-6-23-28(20-41)40-19-29(23)45-31-26(38-25-15-14-22(44-33(36)37)17-27(25)39-31)13-9-7-8-11-21-12-10-16-35(21,5)46-30(42)18-24(32(40)43)34(2,3)4/h14-15,17,20-21,23-24,28-29,33H,6-13,16,18-19H2,1-5H3/t21-,23+,24-,28-,29+,35-/m1/s1. The van der Waals surface area contributed by atoms with Crippen LogP contribution in [0.1, 0.15) is 98.1 Å². The first-order chi connectivity index (χ1) is 21.8. The summed E-state index contributed by atoms with van der Waals surface area (Å²) in [4.78, 5) is 51.4. The Morgan fingerprint density at radius 2 is 1.87 bits per heavy atom. The first kappa shape index (κ1) is 34.0. The fraction of sp³-hybridized carbons (Fsp3) is 0.686. The number of fused-ring (bicyclic) bond motifs is 5. The number of rotatable bonds is 4. The molecule has 2 bridgehead atoms. The smallest absolute Gasteiger partial charge is 0.387 e. The molecular formula is C35H47F2N3O6. The first-order valence-electron chi connectivity index (χ1n) is 16.7. The van der Waals surface area contributed by atoms with Crippen LogP contribution in [0.5, 0.6) is 11.6 Å². The van der Waals surface area contributed by atoms with E-state index >= 15 is 0 Å². The third kappa shape index (κ3) is 7.28. The Morgan fingerprint density at radius 3 is 2.57 bits per heavy atom. The lowest BCUT2D eigenvalue weighted by molar-refractivity contribution is -0.167. The van der Waals surface area contributed by atoms with Gasteiger partial charge in [0.05, 0.1) is 36.0 Å². The van der Waals surface area contributed by atoms with Gasteiger partial charge >= 0.3 is 12.6 Å². The van der Waals surface area contributed by atoms with Crippen LogP contribution in [0.25, 0.3) is 11.0 Å². The van der Waals surface area contributed by atoms with Crippen LogP contribution in [0.3, 0.4) is 0 Å². The Labute approximate surface area is 269 Å². The van der Waals surface area contributed by atoms with E-state index in [0.29, 0.717) is 29.6 Å². The lowest BCUT2D eigenvalue weighted by Gasteiger charge is -2.36. The van der Waals surface area contributed by atoms with E-state index in [-0.39, 0.29) is 48.3 Å². The van der Waals surface area contributed by atoms with Crippen molar-refractivity contribution in [2.45, 2.75) is 123 Å². The molecule has 3 heterocycles. The summed E-state index contributed by atoms with van der Waals surface area (Å²) >= 11 is 0. The molecule has 5 rings (SSSR count). The number of carbonyl (C=O) groups is 3. The monoisotopic (exact) mass is 643 g/mol. The number of hydrogen-bond acceptors (Lipinski definition) is 8. The van der Waals surface area contributed by atoms with Gasteiger partial charge in [-0.25, -0.2) is 9.97 Å². The molecule has 1 saturated heterocycles. The molecule has 11 heteroatoms. The van der Waals surface area contributed by atoms with Crippen LogP contribution in [0.2, 0.25) is 0 Å². The van der Waals surface area contributed by atoms with Crippen LogP contribution in [-0.4, -0.2) is 63.9 Å². The molecular weight excluding hydrogens is 596 g/mol. The number of esters is 1. The largest absolute Gasteiger partial charge is 0.471 e. The minimum absolute atomic E-state index is 0.0345. The maximum atomic E-state index is 14.3. The molecule has 2 aromatic rings. The van der Waals surface area contributed by atoms with Gasteiger partial charge in [-0.1, -0.05) is 40.5 Å². The third-order valence-electron chi connectivity index (χ3n) is 10.3. The maximum absolute atomic E-state index is 14.3. The van der Waals surface area contributed by atoms with Crippen molar-refractivity contribution in [3.63, 3.8) is 0 Å². The normalized spacial score (nSPS) is 29.8. The summed E-state index contributed by atoms with van der Waals surface area (Å²) in [6.45, 7) is 6.91. The van der Waals surface area contributed by atoms with Crippen LogP contribution >= 0.6 is 0 Å². The lowest BCUT2D eigenvalue weighted by atomic mass is 9.77. The molecule has 0 radical (unpaired) electrons. The molecule has 46 heavy (non-hydrogen) atoms. The van der Waals surface area contributed by atoms with Crippen molar-refractivity contribution in [2.75, 3.05) is 6.54 Å². The summed E-state index contributed by atoms with van der Waals surface area (Å²) in [6, 6.07) is 3.71. The van der Waals surface area contributed by atoms with Crippen LogP contribution in [0, 0.1) is 23.2 Å². The van der Waals surface area contributed by atoms with Crippen molar-refractivity contribution in [1.82, 2.24) is 14.9 Å². The Bertz CT molecular complexity index is 1430. The Kier molecular flexibility index (Phi) is 10.2. The molecule has 0 spiro atoms. The van der Waals surface area contributed by atoms with Gasteiger partial charge in [0, 0.05) is 12.0 Å². The minimum atomic E-state index is -2.98. The second-order valence-corrected chi connectivity index (χ2v) is 14.4. The van der Waals surface area contributed by atoms with Gasteiger partial charge in [-0.05, 0) is 75.3 Å². The number of aldehydes is 1. The van der Waals surface area contributed by atoms with Crippen molar-refractivity contribution in [3.05, 3.63) is 23.9 Å². The average Bonchev–Trinajstić information content (AvgIpc) is 3.52. The maximum Gasteiger partial charge on any atom is 0.387 e. The quantitative estimate of drug-likeness (QED) is 0.268. The second kappa shape index (κ2) is 13.8. The number of nitrogens with zero attached hydrogens (tertiary/aromatic N) is 3. The van der Waals surface area contributed by atoms with Crippen molar-refractivity contribution in [1.29, 1.82) is 0 Å². The number of amides is 1. The van der Waals surface area contributed by atoms with Crippen molar-refractivity contribution in [2.24, 2.45) is 23.2 Å². The van der Waals surface area contributed by atoms with Gasteiger partial charge in [0.2, 0.25) is 11.8 Å². The number of carbonyl (C=O) groups excluding carboxylic acids is 3. The Morgan fingerprint density at radius 1 is 1.11 bits per heavy atom. The fourth-order valence-corrected chi connectivity index (χ4v) is 7.66. The van der Waals surface area contributed by atoms with Gasteiger partial charge in [-0.3, -0.25) is 9.59 Å². The number of halogens is 2. The number of ether oxygens (including phenoxy) is 3. The molecule has 1 aromatic carbocycles. The number of aromatic nitrogens is 2. The highest BCUT2D eigenvalue weighted by Gasteiger charge is 2.49. The van der Waals surface area contributed by atoms with E-state index in [4.69, 9.17) is 19.4 Å². The molecule has 1 aromatic heterocycles. The molecule has 0 N–H and O–H groups in total. The number of benzene rings is 1. The molecule has 1 aliphatic carbocycles. The second-order valence-electron chi connectivity index (χ2n) is 14.4. The molecule has 2 fully saturated rings. The summed E-state index contributed by atoms with van der Waals surface area (Å²) in [5.41, 5.74) is 0.380. The lowest BCUT2D eigenvalue weighted by Crippen LogP contribution is -2.47. The molecule has 3 aliphatic rings. The van der Waals surface area contributed by atoms with E-state index in [1.165, 1.54) is 12.1 Å².